The third-order valence-electron chi connectivity index (χ3n) is 5.13. The average Bonchev–Trinajstić information content (AvgIpc) is 2.91. The highest BCUT2D eigenvalue weighted by Gasteiger charge is 2.12. The van der Waals surface area contributed by atoms with Crippen molar-refractivity contribution >= 4 is 85.0 Å². The average molecular weight is 769 g/mol. The van der Waals surface area contributed by atoms with Crippen molar-refractivity contribution in [2.24, 2.45) is 0 Å². The topological polar surface area (TPSA) is 117 Å². The van der Waals surface area contributed by atoms with Crippen molar-refractivity contribution in [2.75, 3.05) is 31.0 Å². The highest BCUT2D eigenvalue weighted by atomic mass is 127. The summed E-state index contributed by atoms with van der Waals surface area (Å²) < 4.78 is 12.1. The van der Waals surface area contributed by atoms with E-state index in [4.69, 9.17) is 20.9 Å². The lowest BCUT2D eigenvalue weighted by atomic mass is 10.2. The van der Waals surface area contributed by atoms with Gasteiger partial charge in [-0.1, -0.05) is 31.7 Å². The summed E-state index contributed by atoms with van der Waals surface area (Å²) >= 11 is 5.41. The maximum absolute atomic E-state index is 12.2. The van der Waals surface area contributed by atoms with Crippen LogP contribution in [0.1, 0.15) is 28.1 Å². The van der Waals surface area contributed by atoms with Crippen molar-refractivity contribution in [1.29, 1.82) is 0 Å². The maximum Gasteiger partial charge on any atom is 0.255 e. The highest BCUT2D eigenvalue weighted by Crippen LogP contribution is 2.30. The second-order valence-electron chi connectivity index (χ2n) is 7.67. The Kier molecular flexibility index (Phi) is 12.9. The first-order valence-corrected chi connectivity index (χ1v) is 14.1. The standard InChI is InChI=1S/C14H13IN2O2.C14H12INO2S.CH4/c1-19-13-7-6-9(8-10(13)15)14(18)17-12-5-3-2-4-11(12)16;1-18-12-7-6-9(8-10(12)15)14(17)19-13-5-3-2-4-11(13)16;/h2-8H,16H2,1H3,(H,17,18);2-8H,16H2,1H3;1H4. The summed E-state index contributed by atoms with van der Waals surface area (Å²) in [7, 11) is 3.21. The molecule has 10 heteroatoms. The molecule has 0 atom stereocenters. The van der Waals surface area contributed by atoms with Crippen LogP contribution < -0.4 is 26.3 Å². The summed E-state index contributed by atoms with van der Waals surface area (Å²) in [6, 6.07) is 25.1. The van der Waals surface area contributed by atoms with E-state index in [0.717, 1.165) is 35.3 Å². The highest BCUT2D eigenvalue weighted by molar-refractivity contribution is 14.1. The first kappa shape index (κ1) is 32.2. The van der Waals surface area contributed by atoms with E-state index >= 15 is 0 Å². The van der Waals surface area contributed by atoms with Crippen LogP contribution in [0.2, 0.25) is 0 Å². The fraction of sp³-hybridized carbons (Fsp3) is 0.103. The van der Waals surface area contributed by atoms with Gasteiger partial charge >= 0.3 is 0 Å². The number of carbonyl (C=O) groups excluding carboxylic acids is 2. The van der Waals surface area contributed by atoms with Gasteiger partial charge in [-0.25, -0.2) is 0 Å². The Labute approximate surface area is 260 Å². The smallest absolute Gasteiger partial charge is 0.255 e. The van der Waals surface area contributed by atoms with Crippen molar-refractivity contribution in [3.63, 3.8) is 0 Å². The van der Waals surface area contributed by atoms with Gasteiger partial charge in [0.25, 0.3) is 5.91 Å². The molecule has 4 aromatic carbocycles. The number of hydrogen-bond acceptors (Lipinski definition) is 7. The number of methoxy groups -OCH3 is 2. The summed E-state index contributed by atoms with van der Waals surface area (Å²) in [6.45, 7) is 0. The number of para-hydroxylation sites is 3. The van der Waals surface area contributed by atoms with E-state index in [1.165, 1.54) is 0 Å². The third kappa shape index (κ3) is 9.04. The van der Waals surface area contributed by atoms with E-state index in [1.54, 1.807) is 62.8 Å². The van der Waals surface area contributed by atoms with Crippen LogP contribution in [0.4, 0.5) is 17.1 Å². The number of amides is 1. The minimum Gasteiger partial charge on any atom is -0.496 e. The molecule has 0 radical (unpaired) electrons. The van der Waals surface area contributed by atoms with Gasteiger partial charge in [0.05, 0.1) is 32.7 Å². The van der Waals surface area contributed by atoms with E-state index < -0.39 is 0 Å². The molecule has 0 aromatic heterocycles. The van der Waals surface area contributed by atoms with E-state index in [0.29, 0.717) is 28.2 Å². The van der Waals surface area contributed by atoms with Gasteiger partial charge in [-0.05, 0) is 118 Å². The Balaban J connectivity index is 0.000000267. The van der Waals surface area contributed by atoms with Gasteiger partial charge in [-0.3, -0.25) is 9.59 Å². The van der Waals surface area contributed by atoms with Crippen molar-refractivity contribution < 1.29 is 19.1 Å². The van der Waals surface area contributed by atoms with Gasteiger partial charge in [-0.2, -0.15) is 0 Å². The molecule has 5 N–H and O–H groups in total. The van der Waals surface area contributed by atoms with Crippen molar-refractivity contribution in [3.05, 3.63) is 103 Å². The summed E-state index contributed by atoms with van der Waals surface area (Å²) in [5.74, 6) is 1.32. The molecule has 4 rings (SSSR count). The Hall–Kier alpha value is -2.97. The Morgan fingerprint density at radius 1 is 0.744 bits per heavy atom. The number of halogens is 2. The zero-order valence-corrected chi connectivity index (χ0v) is 25.7. The fourth-order valence-electron chi connectivity index (χ4n) is 3.14. The summed E-state index contributed by atoms with van der Waals surface area (Å²) in [6.07, 6.45) is 0. The molecule has 0 aliphatic rings. The molecular weight excluding hydrogens is 740 g/mol. The molecule has 204 valence electrons. The maximum atomic E-state index is 12.2. The lowest BCUT2D eigenvalue weighted by Gasteiger charge is -2.09. The van der Waals surface area contributed by atoms with E-state index in [9.17, 15) is 9.59 Å². The zero-order valence-electron chi connectivity index (χ0n) is 20.5. The molecule has 0 heterocycles. The van der Waals surface area contributed by atoms with Crippen LogP contribution in [-0.4, -0.2) is 25.2 Å². The molecule has 0 unspecified atom stereocenters. The number of nitrogens with two attached hydrogens (primary N) is 2. The van der Waals surface area contributed by atoms with Crippen LogP contribution in [0, 0.1) is 7.14 Å². The molecule has 7 nitrogen and oxygen atoms in total. The van der Waals surface area contributed by atoms with Crippen LogP contribution in [0.25, 0.3) is 0 Å². The lowest BCUT2D eigenvalue weighted by Crippen LogP contribution is -2.13. The largest absolute Gasteiger partial charge is 0.496 e. The SMILES string of the molecule is C.COc1ccc(C(=O)Nc2ccccc2N)cc1I.COc1ccc(C(=O)Sc2ccccc2N)cc1I. The first-order chi connectivity index (χ1) is 18.2. The number of ether oxygens (including phenoxy) is 2. The summed E-state index contributed by atoms with van der Waals surface area (Å²) in [4.78, 5) is 25.1. The van der Waals surface area contributed by atoms with Crippen LogP contribution >= 0.6 is 56.9 Å². The molecule has 39 heavy (non-hydrogen) atoms. The number of carbonyl (C=O) groups is 2. The van der Waals surface area contributed by atoms with Crippen molar-refractivity contribution in [3.8, 4) is 11.5 Å². The molecule has 0 saturated carbocycles. The molecule has 1 amide bonds. The molecule has 0 spiro atoms. The van der Waals surface area contributed by atoms with Gasteiger partial charge in [0.15, 0.2) is 0 Å². The summed E-state index contributed by atoms with van der Waals surface area (Å²) in [5, 5.41) is 2.75. The fourth-order valence-corrected chi connectivity index (χ4v) is 5.39. The molecule has 0 aliphatic heterocycles. The Morgan fingerprint density at radius 3 is 1.79 bits per heavy atom. The number of benzene rings is 4. The van der Waals surface area contributed by atoms with Crippen LogP contribution in [0.5, 0.6) is 11.5 Å². The number of rotatable bonds is 6. The molecule has 4 aromatic rings. The lowest BCUT2D eigenvalue weighted by molar-refractivity contribution is 0.102. The number of hydrogen-bond donors (Lipinski definition) is 3. The second kappa shape index (κ2) is 15.6. The summed E-state index contributed by atoms with van der Waals surface area (Å²) in [5.41, 5.74) is 14.6. The minimum absolute atomic E-state index is 0. The quantitative estimate of drug-likeness (QED) is 0.105. The number of thioether (sulfide) groups is 1. The van der Waals surface area contributed by atoms with E-state index in [2.05, 4.69) is 50.5 Å². The molecule has 0 bridgehead atoms. The third-order valence-corrected chi connectivity index (χ3v) is 7.83. The predicted octanol–water partition coefficient (Wildman–Crippen LogP) is 7.58. The van der Waals surface area contributed by atoms with E-state index in [-0.39, 0.29) is 18.4 Å². The van der Waals surface area contributed by atoms with Crippen LogP contribution in [-0.2, 0) is 0 Å². The minimum atomic E-state index is -0.196. The van der Waals surface area contributed by atoms with Crippen LogP contribution in [0.3, 0.4) is 0 Å². The van der Waals surface area contributed by atoms with Crippen LogP contribution in [0.15, 0.2) is 89.8 Å². The molecule has 0 aliphatic carbocycles. The van der Waals surface area contributed by atoms with Gasteiger partial charge in [0.1, 0.15) is 11.5 Å². The van der Waals surface area contributed by atoms with Gasteiger partial charge in [-0.15, -0.1) is 0 Å². The Bertz CT molecular complexity index is 1340. The van der Waals surface area contributed by atoms with Gasteiger partial charge in [0, 0.05) is 21.7 Å². The normalized spacial score (nSPS) is 9.85. The van der Waals surface area contributed by atoms with Crippen molar-refractivity contribution in [1.82, 2.24) is 0 Å². The van der Waals surface area contributed by atoms with Gasteiger partial charge in [0.2, 0.25) is 5.12 Å². The first-order valence-electron chi connectivity index (χ1n) is 11.1. The zero-order chi connectivity index (χ0) is 27.7. The molecule has 0 saturated heterocycles. The predicted molar refractivity (Wildman–Crippen MR) is 178 cm³/mol. The monoisotopic (exact) mass is 769 g/mol. The molecule has 0 fully saturated rings. The van der Waals surface area contributed by atoms with Gasteiger partial charge < -0.3 is 26.3 Å². The molecular formula is C29H29I2N3O4S. The number of nitrogen functional groups attached to an aromatic ring is 2. The number of anilines is 3. The Morgan fingerprint density at radius 2 is 1.26 bits per heavy atom. The number of nitrogens with one attached hydrogen (secondary N) is 1. The van der Waals surface area contributed by atoms with E-state index in [1.807, 2.05) is 36.4 Å². The second-order valence-corrected chi connectivity index (χ2v) is 11.0. The van der Waals surface area contributed by atoms with Crippen molar-refractivity contribution in [2.45, 2.75) is 12.3 Å².